The molecular weight excluding hydrogens is 791 g/mol. The van der Waals surface area contributed by atoms with Crippen LogP contribution in [-0.2, 0) is 14.3 Å². The lowest BCUT2D eigenvalue weighted by atomic mass is 10.0. The number of rotatable bonds is 52. The zero-order chi connectivity index (χ0) is 46.5. The molecule has 0 rings (SSSR count). The standard InChI is InChI=1S/C58H109NO5/c1-3-5-7-9-11-13-15-17-19-20-21-22-23-24-25-26-27-28-29-31-34-38-42-46-50-56(61)55(54-60)59-57(62)51-47-43-39-35-33-37-41-45-49-53-64-58(63)52-48-44-40-36-32-30-18-16-14-12-10-8-6-4-2/h10,12,16,18,35,39,55-56,60-61H,3-9,11,13-15,17,19-34,36-38,40-54H2,1-2H3,(H,59,62)/b12-10-,18-16-,39-35-. The normalized spacial score (nSPS) is 12.9. The van der Waals surface area contributed by atoms with E-state index in [4.69, 9.17) is 4.74 Å². The molecule has 0 aromatic rings. The Morgan fingerprint density at radius 2 is 0.812 bits per heavy atom. The van der Waals surface area contributed by atoms with Gasteiger partial charge in [-0.2, -0.15) is 0 Å². The number of aliphatic hydroxyl groups excluding tert-OH is 2. The maximum atomic E-state index is 12.5. The number of ether oxygens (including phenoxy) is 1. The Balaban J connectivity index is 3.52. The second-order valence-electron chi connectivity index (χ2n) is 19.3. The molecule has 376 valence electrons. The monoisotopic (exact) mass is 900 g/mol. The highest BCUT2D eigenvalue weighted by molar-refractivity contribution is 5.76. The smallest absolute Gasteiger partial charge is 0.305 e. The van der Waals surface area contributed by atoms with Crippen LogP contribution in [0.5, 0.6) is 0 Å². The fraction of sp³-hybridized carbons (Fsp3) is 0.862. The van der Waals surface area contributed by atoms with Gasteiger partial charge in [0.2, 0.25) is 5.91 Å². The third kappa shape index (κ3) is 49.5. The van der Waals surface area contributed by atoms with Crippen LogP contribution in [-0.4, -0.2) is 47.4 Å². The van der Waals surface area contributed by atoms with Gasteiger partial charge in [0.25, 0.3) is 0 Å². The first-order valence-electron chi connectivity index (χ1n) is 28.2. The summed E-state index contributed by atoms with van der Waals surface area (Å²) in [6, 6.07) is -0.582. The van der Waals surface area contributed by atoms with Crippen LogP contribution in [0.1, 0.15) is 296 Å². The van der Waals surface area contributed by atoms with Gasteiger partial charge in [-0.05, 0) is 70.6 Å². The molecule has 6 nitrogen and oxygen atoms in total. The lowest BCUT2D eigenvalue weighted by Gasteiger charge is -2.22. The SMILES string of the molecule is CCCC/C=C\C/C=C\CCCCCCCC(=O)OCCCCCC/C=C\CCCC(=O)NC(CO)C(O)CCCCCCCCCCCCCCCCCCCCCCCCCC. The van der Waals surface area contributed by atoms with Gasteiger partial charge in [-0.1, -0.05) is 249 Å². The molecule has 0 aromatic carbocycles. The van der Waals surface area contributed by atoms with E-state index in [0.29, 0.717) is 25.9 Å². The van der Waals surface area contributed by atoms with Crippen molar-refractivity contribution < 1.29 is 24.5 Å². The van der Waals surface area contributed by atoms with Crippen molar-refractivity contribution in [3.8, 4) is 0 Å². The number of hydrogen-bond acceptors (Lipinski definition) is 5. The predicted molar refractivity (Wildman–Crippen MR) is 278 cm³/mol. The van der Waals surface area contributed by atoms with E-state index in [9.17, 15) is 19.8 Å². The van der Waals surface area contributed by atoms with Gasteiger partial charge in [0, 0.05) is 12.8 Å². The fourth-order valence-corrected chi connectivity index (χ4v) is 8.54. The lowest BCUT2D eigenvalue weighted by molar-refractivity contribution is -0.143. The molecule has 3 N–H and O–H groups in total. The van der Waals surface area contributed by atoms with Crippen LogP contribution >= 0.6 is 0 Å². The maximum absolute atomic E-state index is 12.5. The molecule has 0 radical (unpaired) electrons. The summed E-state index contributed by atoms with van der Waals surface area (Å²) in [5, 5.41) is 23.3. The summed E-state index contributed by atoms with van der Waals surface area (Å²) in [6.45, 7) is 4.82. The molecule has 0 saturated carbocycles. The Bertz CT molecular complexity index is 1040. The highest BCUT2D eigenvalue weighted by Crippen LogP contribution is 2.17. The van der Waals surface area contributed by atoms with Crippen molar-refractivity contribution in [2.75, 3.05) is 13.2 Å². The predicted octanol–water partition coefficient (Wildman–Crippen LogP) is 17.2. The average Bonchev–Trinajstić information content (AvgIpc) is 3.29. The Labute approximate surface area is 398 Å². The number of carbonyl (C=O) groups excluding carboxylic acids is 2. The molecule has 0 bridgehead atoms. The molecule has 1 amide bonds. The minimum absolute atomic E-state index is 0.0498. The van der Waals surface area contributed by atoms with Gasteiger partial charge in [-0.3, -0.25) is 9.59 Å². The zero-order valence-corrected chi connectivity index (χ0v) is 42.8. The molecule has 0 heterocycles. The van der Waals surface area contributed by atoms with E-state index in [2.05, 4.69) is 55.6 Å². The number of hydrogen-bond donors (Lipinski definition) is 3. The van der Waals surface area contributed by atoms with Crippen molar-refractivity contribution in [3.63, 3.8) is 0 Å². The van der Waals surface area contributed by atoms with E-state index < -0.39 is 12.1 Å². The third-order valence-corrected chi connectivity index (χ3v) is 12.9. The van der Waals surface area contributed by atoms with Gasteiger partial charge in [-0.15, -0.1) is 0 Å². The Morgan fingerprint density at radius 1 is 0.438 bits per heavy atom. The second kappa shape index (κ2) is 53.7. The van der Waals surface area contributed by atoms with E-state index >= 15 is 0 Å². The number of aliphatic hydroxyl groups is 2. The van der Waals surface area contributed by atoms with Gasteiger partial charge in [0.05, 0.1) is 25.4 Å². The van der Waals surface area contributed by atoms with Crippen molar-refractivity contribution in [1.82, 2.24) is 5.32 Å². The number of nitrogens with one attached hydrogen (secondary N) is 1. The molecule has 0 spiro atoms. The topological polar surface area (TPSA) is 95.9 Å². The number of unbranched alkanes of at least 4 members (excludes halogenated alkanes) is 35. The molecule has 0 fully saturated rings. The first kappa shape index (κ1) is 62.1. The summed E-state index contributed by atoms with van der Waals surface area (Å²) in [5.41, 5.74) is 0. The summed E-state index contributed by atoms with van der Waals surface area (Å²) >= 11 is 0. The van der Waals surface area contributed by atoms with Crippen LogP contribution in [0.3, 0.4) is 0 Å². The highest BCUT2D eigenvalue weighted by Gasteiger charge is 2.20. The van der Waals surface area contributed by atoms with E-state index in [0.717, 1.165) is 83.5 Å². The molecule has 0 aliphatic carbocycles. The quantitative estimate of drug-likeness (QED) is 0.0321. The van der Waals surface area contributed by atoms with Gasteiger partial charge in [-0.25, -0.2) is 0 Å². The molecule has 2 atom stereocenters. The van der Waals surface area contributed by atoms with Gasteiger partial charge in [0.1, 0.15) is 0 Å². The van der Waals surface area contributed by atoms with Crippen molar-refractivity contribution in [2.45, 2.75) is 309 Å². The van der Waals surface area contributed by atoms with Crippen LogP contribution in [0, 0.1) is 0 Å². The minimum atomic E-state index is -0.698. The van der Waals surface area contributed by atoms with Crippen LogP contribution < -0.4 is 5.32 Å². The maximum Gasteiger partial charge on any atom is 0.305 e. The fourth-order valence-electron chi connectivity index (χ4n) is 8.54. The highest BCUT2D eigenvalue weighted by atomic mass is 16.5. The average molecular weight is 901 g/mol. The van der Waals surface area contributed by atoms with Crippen molar-refractivity contribution in [3.05, 3.63) is 36.5 Å². The second-order valence-corrected chi connectivity index (χ2v) is 19.3. The van der Waals surface area contributed by atoms with Crippen molar-refractivity contribution in [1.29, 1.82) is 0 Å². The number of amides is 1. The van der Waals surface area contributed by atoms with E-state index in [-0.39, 0.29) is 18.5 Å². The Kier molecular flexibility index (Phi) is 52.1. The summed E-state index contributed by atoms with van der Waals surface area (Å²) in [4.78, 5) is 24.5. The van der Waals surface area contributed by atoms with E-state index in [1.807, 2.05) is 0 Å². The number of allylic oxidation sites excluding steroid dienone is 6. The largest absolute Gasteiger partial charge is 0.466 e. The van der Waals surface area contributed by atoms with Crippen LogP contribution in [0.2, 0.25) is 0 Å². The molecule has 0 aliphatic heterocycles. The first-order chi connectivity index (χ1) is 31.5. The number of esters is 1. The van der Waals surface area contributed by atoms with Crippen LogP contribution in [0.15, 0.2) is 36.5 Å². The van der Waals surface area contributed by atoms with Gasteiger partial charge >= 0.3 is 5.97 Å². The summed E-state index contributed by atoms with van der Waals surface area (Å²) in [5.74, 6) is -0.145. The molecular formula is C58H109NO5. The Morgan fingerprint density at radius 3 is 1.28 bits per heavy atom. The van der Waals surface area contributed by atoms with E-state index in [1.165, 1.54) is 180 Å². The lowest BCUT2D eigenvalue weighted by Crippen LogP contribution is -2.45. The molecule has 0 saturated heterocycles. The summed E-state index contributed by atoms with van der Waals surface area (Å²) in [6.07, 6.45) is 65.7. The van der Waals surface area contributed by atoms with E-state index in [1.54, 1.807) is 0 Å². The van der Waals surface area contributed by atoms with Crippen LogP contribution in [0.4, 0.5) is 0 Å². The summed E-state index contributed by atoms with van der Waals surface area (Å²) in [7, 11) is 0. The van der Waals surface area contributed by atoms with Gasteiger partial charge < -0.3 is 20.3 Å². The molecule has 64 heavy (non-hydrogen) atoms. The molecule has 2 unspecified atom stereocenters. The molecule has 6 heteroatoms. The summed E-state index contributed by atoms with van der Waals surface area (Å²) < 4.78 is 5.43. The first-order valence-corrected chi connectivity index (χ1v) is 28.2. The van der Waals surface area contributed by atoms with Crippen molar-refractivity contribution in [2.24, 2.45) is 0 Å². The van der Waals surface area contributed by atoms with Crippen molar-refractivity contribution >= 4 is 11.9 Å². The number of carbonyl (C=O) groups is 2. The molecule has 0 aromatic heterocycles. The van der Waals surface area contributed by atoms with Gasteiger partial charge in [0.15, 0.2) is 0 Å². The molecule has 0 aliphatic rings. The minimum Gasteiger partial charge on any atom is -0.466 e. The zero-order valence-electron chi connectivity index (χ0n) is 42.8. The third-order valence-electron chi connectivity index (χ3n) is 12.9. The van der Waals surface area contributed by atoms with Crippen LogP contribution in [0.25, 0.3) is 0 Å². The Hall–Kier alpha value is -1.92.